The molecule has 0 saturated carbocycles. The van der Waals surface area contributed by atoms with E-state index in [0.29, 0.717) is 18.5 Å². The van der Waals surface area contributed by atoms with Gasteiger partial charge in [-0.2, -0.15) is 0 Å². The van der Waals surface area contributed by atoms with E-state index < -0.39 is 45.2 Å². The first-order valence-corrected chi connectivity index (χ1v) is 14.2. The standard InChI is InChI=1S/C28H31FN4O6S/c1-3-18-30-28(35)26(4-2)31(19-21-10-12-22(29)13-11-21)27(34)20-32(23-14-16-24(17-15-23)33(36)37)40(38,39)25-8-6-5-7-9-25/h5-17,26H,3-4,18-20H2,1-2H3,(H,30,35)/t26-/m0/s1. The van der Waals surface area contributed by atoms with Gasteiger partial charge in [0.25, 0.3) is 15.7 Å². The molecule has 0 aromatic heterocycles. The molecular weight excluding hydrogens is 539 g/mol. The van der Waals surface area contributed by atoms with Crippen molar-refractivity contribution >= 4 is 33.2 Å². The van der Waals surface area contributed by atoms with Crippen LogP contribution in [0.3, 0.4) is 0 Å². The molecule has 0 radical (unpaired) electrons. The molecular formula is C28H31FN4O6S. The first kappa shape index (κ1) is 30.2. The zero-order valence-electron chi connectivity index (χ0n) is 22.2. The first-order valence-electron chi connectivity index (χ1n) is 12.7. The van der Waals surface area contributed by atoms with Gasteiger partial charge in [0.1, 0.15) is 18.4 Å². The number of nitro benzene ring substituents is 1. The average Bonchev–Trinajstić information content (AvgIpc) is 2.96. The third-order valence-corrected chi connectivity index (χ3v) is 7.95. The molecule has 12 heteroatoms. The number of sulfonamides is 1. The van der Waals surface area contributed by atoms with Gasteiger partial charge in [0.05, 0.1) is 15.5 Å². The lowest BCUT2D eigenvalue weighted by Crippen LogP contribution is -2.52. The van der Waals surface area contributed by atoms with Gasteiger partial charge in [0.2, 0.25) is 11.8 Å². The van der Waals surface area contributed by atoms with Crippen LogP contribution >= 0.6 is 0 Å². The molecule has 0 aliphatic rings. The number of nitrogens with one attached hydrogen (secondary N) is 1. The summed E-state index contributed by atoms with van der Waals surface area (Å²) in [7, 11) is -4.30. The summed E-state index contributed by atoms with van der Waals surface area (Å²) in [6.45, 7) is 3.25. The maximum Gasteiger partial charge on any atom is 0.269 e. The molecule has 0 bridgehead atoms. The fraction of sp³-hybridized carbons (Fsp3) is 0.286. The minimum Gasteiger partial charge on any atom is -0.354 e. The summed E-state index contributed by atoms with van der Waals surface area (Å²) in [5.74, 6) is -1.54. The van der Waals surface area contributed by atoms with E-state index in [4.69, 9.17) is 0 Å². The number of nitrogens with zero attached hydrogens (tertiary/aromatic N) is 3. The number of hydrogen-bond acceptors (Lipinski definition) is 6. The van der Waals surface area contributed by atoms with Gasteiger partial charge in [-0.3, -0.25) is 24.0 Å². The van der Waals surface area contributed by atoms with E-state index in [-0.39, 0.29) is 29.2 Å². The second-order valence-electron chi connectivity index (χ2n) is 8.96. The van der Waals surface area contributed by atoms with Gasteiger partial charge in [0, 0.05) is 25.2 Å². The molecule has 0 saturated heterocycles. The summed E-state index contributed by atoms with van der Waals surface area (Å²) in [6, 6.07) is 16.8. The zero-order valence-corrected chi connectivity index (χ0v) is 23.0. The van der Waals surface area contributed by atoms with Crippen LogP contribution in [0.25, 0.3) is 0 Å². The van der Waals surface area contributed by atoms with Crippen molar-refractivity contribution in [3.8, 4) is 0 Å². The Bertz CT molecular complexity index is 1420. The highest BCUT2D eigenvalue weighted by Crippen LogP contribution is 2.26. The highest BCUT2D eigenvalue weighted by Gasteiger charge is 2.33. The Morgan fingerprint density at radius 3 is 2.15 bits per heavy atom. The van der Waals surface area contributed by atoms with Crippen LogP contribution in [0.4, 0.5) is 15.8 Å². The molecule has 0 unspecified atom stereocenters. The Morgan fingerprint density at radius 1 is 0.975 bits per heavy atom. The Morgan fingerprint density at radius 2 is 1.60 bits per heavy atom. The molecule has 0 aliphatic carbocycles. The molecule has 0 aliphatic heterocycles. The number of benzene rings is 3. The molecule has 3 rings (SSSR count). The number of carbonyl (C=O) groups excluding carboxylic acids is 2. The smallest absolute Gasteiger partial charge is 0.269 e. The minimum absolute atomic E-state index is 0.0352. The molecule has 0 fully saturated rings. The lowest BCUT2D eigenvalue weighted by molar-refractivity contribution is -0.384. The number of anilines is 1. The molecule has 1 N–H and O–H groups in total. The molecule has 10 nitrogen and oxygen atoms in total. The lowest BCUT2D eigenvalue weighted by Gasteiger charge is -2.33. The van der Waals surface area contributed by atoms with E-state index in [1.165, 1.54) is 65.6 Å². The van der Waals surface area contributed by atoms with Crippen molar-refractivity contribution in [1.29, 1.82) is 0 Å². The number of rotatable bonds is 13. The van der Waals surface area contributed by atoms with Crippen LogP contribution < -0.4 is 9.62 Å². The number of amides is 2. The van der Waals surface area contributed by atoms with Crippen LogP contribution in [0.1, 0.15) is 32.3 Å². The van der Waals surface area contributed by atoms with Gasteiger partial charge in [-0.05, 0) is 54.8 Å². The first-order chi connectivity index (χ1) is 19.1. The highest BCUT2D eigenvalue weighted by molar-refractivity contribution is 7.92. The van der Waals surface area contributed by atoms with Crippen LogP contribution in [-0.4, -0.2) is 49.2 Å². The van der Waals surface area contributed by atoms with Crippen molar-refractivity contribution in [1.82, 2.24) is 10.2 Å². The van der Waals surface area contributed by atoms with Crippen LogP contribution in [0.15, 0.2) is 83.8 Å². The monoisotopic (exact) mass is 570 g/mol. The number of carbonyl (C=O) groups is 2. The van der Waals surface area contributed by atoms with Crippen molar-refractivity contribution in [3.63, 3.8) is 0 Å². The summed E-state index contributed by atoms with van der Waals surface area (Å²) < 4.78 is 41.9. The van der Waals surface area contributed by atoms with Crippen LogP contribution in [0.5, 0.6) is 0 Å². The summed E-state index contributed by atoms with van der Waals surface area (Å²) in [4.78, 5) is 38.7. The van der Waals surface area contributed by atoms with Gasteiger partial charge < -0.3 is 10.2 Å². The predicted molar refractivity (Wildman–Crippen MR) is 148 cm³/mol. The van der Waals surface area contributed by atoms with Crippen molar-refractivity contribution in [2.45, 2.75) is 44.2 Å². The molecule has 1 atom stereocenters. The maximum atomic E-state index is 13.9. The lowest BCUT2D eigenvalue weighted by atomic mass is 10.1. The summed E-state index contributed by atoms with van der Waals surface area (Å²) in [5, 5.41) is 13.9. The highest BCUT2D eigenvalue weighted by atomic mass is 32.2. The SMILES string of the molecule is CCCNC(=O)[C@H](CC)N(Cc1ccc(F)cc1)C(=O)CN(c1ccc([N+](=O)[O-])cc1)S(=O)(=O)c1ccccc1. The third-order valence-electron chi connectivity index (χ3n) is 6.16. The topological polar surface area (TPSA) is 130 Å². The predicted octanol–water partition coefficient (Wildman–Crippen LogP) is 4.26. The van der Waals surface area contributed by atoms with E-state index in [2.05, 4.69) is 5.32 Å². The normalized spacial score (nSPS) is 11.9. The molecule has 2 amide bonds. The molecule has 3 aromatic carbocycles. The molecule has 40 heavy (non-hydrogen) atoms. The Balaban J connectivity index is 2.05. The average molecular weight is 571 g/mol. The zero-order chi connectivity index (χ0) is 29.3. The molecule has 0 heterocycles. The van der Waals surface area contributed by atoms with E-state index in [1.54, 1.807) is 13.0 Å². The third kappa shape index (κ3) is 7.41. The van der Waals surface area contributed by atoms with Crippen LogP contribution in [0, 0.1) is 15.9 Å². The maximum absolute atomic E-state index is 13.9. The minimum atomic E-state index is -4.30. The van der Waals surface area contributed by atoms with Crippen molar-refractivity contribution in [2.24, 2.45) is 0 Å². The van der Waals surface area contributed by atoms with E-state index in [0.717, 1.165) is 16.4 Å². The second-order valence-corrected chi connectivity index (χ2v) is 10.8. The van der Waals surface area contributed by atoms with Crippen LogP contribution in [0.2, 0.25) is 0 Å². The number of hydrogen-bond donors (Lipinski definition) is 1. The van der Waals surface area contributed by atoms with Crippen molar-refractivity contribution in [3.05, 3.63) is 100 Å². The fourth-order valence-electron chi connectivity index (χ4n) is 4.06. The van der Waals surface area contributed by atoms with Crippen molar-refractivity contribution in [2.75, 3.05) is 17.4 Å². The number of non-ortho nitro benzene ring substituents is 1. The number of halogens is 1. The van der Waals surface area contributed by atoms with E-state index >= 15 is 0 Å². The molecule has 0 spiro atoms. The van der Waals surface area contributed by atoms with Gasteiger partial charge in [-0.1, -0.05) is 44.2 Å². The summed E-state index contributed by atoms with van der Waals surface area (Å²) in [5.41, 5.74) is 0.334. The van der Waals surface area contributed by atoms with E-state index in [1.807, 2.05) is 6.92 Å². The van der Waals surface area contributed by atoms with Gasteiger partial charge in [-0.15, -0.1) is 0 Å². The fourth-order valence-corrected chi connectivity index (χ4v) is 5.50. The largest absolute Gasteiger partial charge is 0.354 e. The van der Waals surface area contributed by atoms with Crippen LogP contribution in [-0.2, 0) is 26.2 Å². The van der Waals surface area contributed by atoms with Crippen molar-refractivity contribution < 1.29 is 27.3 Å². The Labute approximate surface area is 232 Å². The Kier molecular flexibility index (Phi) is 10.3. The van der Waals surface area contributed by atoms with Gasteiger partial charge in [-0.25, -0.2) is 12.8 Å². The number of nitro groups is 1. The Hall–Kier alpha value is -4.32. The quantitative estimate of drug-likeness (QED) is 0.241. The second kappa shape index (κ2) is 13.7. The van der Waals surface area contributed by atoms with Gasteiger partial charge >= 0.3 is 0 Å². The van der Waals surface area contributed by atoms with E-state index in [9.17, 15) is 32.5 Å². The molecule has 212 valence electrons. The van der Waals surface area contributed by atoms with Gasteiger partial charge in [0.15, 0.2) is 0 Å². The summed E-state index contributed by atoms with van der Waals surface area (Å²) >= 11 is 0. The summed E-state index contributed by atoms with van der Waals surface area (Å²) in [6.07, 6.45) is 0.919. The molecule has 3 aromatic rings.